The number of fused-ring (bicyclic) bond motifs is 1. The molecule has 1 aliphatic heterocycles. The molecule has 3 aromatic rings. The summed E-state index contributed by atoms with van der Waals surface area (Å²) < 4.78 is 0. The Hall–Kier alpha value is -3.44. The highest BCUT2D eigenvalue weighted by Crippen LogP contribution is 2.24. The highest BCUT2D eigenvalue weighted by Gasteiger charge is 2.35. The van der Waals surface area contributed by atoms with Crippen molar-refractivity contribution in [1.82, 2.24) is 4.90 Å². The minimum Gasteiger partial charge on any atom is -0.307 e. The van der Waals surface area contributed by atoms with Crippen LogP contribution in [0, 0.1) is 0 Å². The van der Waals surface area contributed by atoms with Gasteiger partial charge >= 0.3 is 0 Å². The average molecular weight is 405 g/mol. The molecule has 4 rings (SSSR count). The zero-order valence-corrected chi connectivity index (χ0v) is 16.2. The summed E-state index contributed by atoms with van der Waals surface area (Å²) in [6, 6.07) is 22.6. The van der Waals surface area contributed by atoms with Gasteiger partial charge in [0.1, 0.15) is 0 Å². The lowest BCUT2D eigenvalue weighted by Gasteiger charge is -2.25. The molecule has 1 heterocycles. The van der Waals surface area contributed by atoms with Crippen LogP contribution in [0.4, 0.5) is 5.69 Å². The number of rotatable bonds is 5. The molecule has 0 bridgehead atoms. The van der Waals surface area contributed by atoms with Crippen molar-refractivity contribution in [2.45, 2.75) is 0 Å². The van der Waals surface area contributed by atoms with Crippen LogP contribution in [0.5, 0.6) is 0 Å². The molecule has 0 aliphatic carbocycles. The summed E-state index contributed by atoms with van der Waals surface area (Å²) >= 11 is 6.22. The summed E-state index contributed by atoms with van der Waals surface area (Å²) in [6.07, 6.45) is 0. The van der Waals surface area contributed by atoms with Crippen LogP contribution in [0.25, 0.3) is 0 Å². The molecule has 3 aromatic carbocycles. The van der Waals surface area contributed by atoms with Crippen LogP contribution < -0.4 is 4.90 Å². The zero-order chi connectivity index (χ0) is 20.4. The Morgan fingerprint density at radius 2 is 1.34 bits per heavy atom. The second-order valence-corrected chi connectivity index (χ2v) is 6.99. The molecule has 1 aliphatic rings. The predicted molar refractivity (Wildman–Crippen MR) is 111 cm³/mol. The van der Waals surface area contributed by atoms with E-state index >= 15 is 0 Å². The number of amides is 3. The number of para-hydroxylation sites is 1. The van der Waals surface area contributed by atoms with Crippen molar-refractivity contribution in [1.29, 1.82) is 0 Å². The highest BCUT2D eigenvalue weighted by atomic mass is 35.5. The number of imide groups is 1. The first-order chi connectivity index (χ1) is 14.1. The molecule has 5 nitrogen and oxygen atoms in total. The van der Waals surface area contributed by atoms with Crippen LogP contribution in [0.2, 0.25) is 5.02 Å². The second kappa shape index (κ2) is 7.89. The van der Waals surface area contributed by atoms with E-state index in [4.69, 9.17) is 11.6 Å². The third-order valence-electron chi connectivity index (χ3n) is 4.84. The summed E-state index contributed by atoms with van der Waals surface area (Å²) in [5.41, 5.74) is 1.80. The average Bonchev–Trinajstić information content (AvgIpc) is 3.00. The molecule has 0 atom stereocenters. The number of carbonyl (C=O) groups is 3. The van der Waals surface area contributed by atoms with Gasteiger partial charge in [-0.05, 0) is 36.4 Å². The van der Waals surface area contributed by atoms with Gasteiger partial charge in [0.25, 0.3) is 17.7 Å². The van der Waals surface area contributed by atoms with Crippen LogP contribution in [0.15, 0.2) is 78.9 Å². The Bertz CT molecular complexity index is 1060. The van der Waals surface area contributed by atoms with Gasteiger partial charge in [0.05, 0.1) is 21.7 Å². The summed E-state index contributed by atoms with van der Waals surface area (Å²) in [5, 5.41) is 0.346. The van der Waals surface area contributed by atoms with Crippen molar-refractivity contribution in [2.24, 2.45) is 0 Å². The molecule has 3 amide bonds. The van der Waals surface area contributed by atoms with Crippen LogP contribution in [0.1, 0.15) is 31.1 Å². The van der Waals surface area contributed by atoms with Gasteiger partial charge in [-0.25, -0.2) is 0 Å². The molecule has 0 saturated carbocycles. The molecule has 0 saturated heterocycles. The Morgan fingerprint density at radius 1 is 0.793 bits per heavy atom. The van der Waals surface area contributed by atoms with Crippen molar-refractivity contribution in [2.75, 3.05) is 18.0 Å². The number of carbonyl (C=O) groups excluding carboxylic acids is 3. The van der Waals surface area contributed by atoms with Gasteiger partial charge < -0.3 is 4.90 Å². The number of nitrogens with zero attached hydrogens (tertiary/aromatic N) is 2. The maximum Gasteiger partial charge on any atom is 0.261 e. The molecule has 29 heavy (non-hydrogen) atoms. The van der Waals surface area contributed by atoms with Crippen LogP contribution >= 0.6 is 11.6 Å². The van der Waals surface area contributed by atoms with E-state index in [1.807, 2.05) is 18.2 Å². The van der Waals surface area contributed by atoms with E-state index in [0.29, 0.717) is 27.4 Å². The first-order valence-electron chi connectivity index (χ1n) is 9.14. The molecule has 0 radical (unpaired) electrons. The molecule has 144 valence electrons. The molecular weight excluding hydrogens is 388 g/mol. The Kier molecular flexibility index (Phi) is 5.14. The van der Waals surface area contributed by atoms with E-state index in [1.165, 1.54) is 9.80 Å². The van der Waals surface area contributed by atoms with Crippen molar-refractivity contribution in [3.63, 3.8) is 0 Å². The van der Waals surface area contributed by atoms with Gasteiger partial charge in [-0.15, -0.1) is 0 Å². The number of benzene rings is 3. The van der Waals surface area contributed by atoms with E-state index in [2.05, 4.69) is 0 Å². The molecular formula is C23H17ClN2O3. The number of hydrogen-bond acceptors (Lipinski definition) is 3. The Labute approximate surface area is 173 Å². The largest absolute Gasteiger partial charge is 0.307 e. The van der Waals surface area contributed by atoms with Crippen LogP contribution in [0.3, 0.4) is 0 Å². The Morgan fingerprint density at radius 3 is 1.97 bits per heavy atom. The van der Waals surface area contributed by atoms with E-state index in [1.54, 1.807) is 60.7 Å². The van der Waals surface area contributed by atoms with E-state index in [9.17, 15) is 14.4 Å². The molecule has 0 N–H and O–H groups in total. The highest BCUT2D eigenvalue weighted by molar-refractivity contribution is 6.34. The first-order valence-corrected chi connectivity index (χ1v) is 9.52. The molecule has 0 spiro atoms. The molecule has 0 unspecified atom stereocenters. The van der Waals surface area contributed by atoms with Crippen molar-refractivity contribution >= 4 is 35.0 Å². The fraction of sp³-hybridized carbons (Fsp3) is 0.0870. The minimum absolute atomic E-state index is 0.0808. The zero-order valence-electron chi connectivity index (χ0n) is 15.4. The predicted octanol–water partition coefficient (Wildman–Crippen LogP) is 4.28. The third kappa shape index (κ3) is 3.52. The molecule has 0 fully saturated rings. The van der Waals surface area contributed by atoms with Crippen molar-refractivity contribution in [3.05, 3.63) is 101 Å². The smallest absolute Gasteiger partial charge is 0.261 e. The lowest BCUT2D eigenvalue weighted by Crippen LogP contribution is -2.41. The molecule has 6 heteroatoms. The maximum atomic E-state index is 13.2. The summed E-state index contributed by atoms with van der Waals surface area (Å²) in [5.74, 6) is -0.981. The molecule has 0 aromatic heterocycles. The fourth-order valence-electron chi connectivity index (χ4n) is 3.38. The van der Waals surface area contributed by atoms with Crippen molar-refractivity contribution in [3.8, 4) is 0 Å². The monoisotopic (exact) mass is 404 g/mol. The van der Waals surface area contributed by atoms with Gasteiger partial charge in [-0.2, -0.15) is 0 Å². The quantitative estimate of drug-likeness (QED) is 0.596. The summed E-state index contributed by atoms with van der Waals surface area (Å²) in [4.78, 5) is 41.2. The van der Waals surface area contributed by atoms with Gasteiger partial charge in [0.2, 0.25) is 0 Å². The van der Waals surface area contributed by atoms with E-state index < -0.39 is 0 Å². The number of halogens is 1. The second-order valence-electron chi connectivity index (χ2n) is 6.58. The first kappa shape index (κ1) is 18.9. The SMILES string of the molecule is O=C1c2ccccc2C(=O)N1CCN(C(=O)c1ccccc1Cl)c1ccccc1. The van der Waals surface area contributed by atoms with Gasteiger partial charge in [-0.3, -0.25) is 19.3 Å². The maximum absolute atomic E-state index is 13.2. The van der Waals surface area contributed by atoms with Crippen molar-refractivity contribution < 1.29 is 14.4 Å². The Balaban J connectivity index is 1.61. The lowest BCUT2D eigenvalue weighted by molar-refractivity contribution is 0.0654. The minimum atomic E-state index is -0.344. The third-order valence-corrected chi connectivity index (χ3v) is 5.17. The van der Waals surface area contributed by atoms with E-state index in [-0.39, 0.29) is 30.8 Å². The summed E-state index contributed by atoms with van der Waals surface area (Å²) in [7, 11) is 0. The lowest BCUT2D eigenvalue weighted by atomic mass is 10.1. The summed E-state index contributed by atoms with van der Waals surface area (Å²) in [6.45, 7) is 0.233. The number of hydrogen-bond donors (Lipinski definition) is 0. The standard InChI is InChI=1S/C23H17ClN2O3/c24-20-13-7-6-12-19(20)23(29)25(16-8-2-1-3-9-16)14-15-26-21(27)17-10-4-5-11-18(17)22(26)28/h1-13H,14-15H2. The van der Waals surface area contributed by atoms with Crippen LogP contribution in [-0.2, 0) is 0 Å². The van der Waals surface area contributed by atoms with Gasteiger partial charge in [0.15, 0.2) is 0 Å². The van der Waals surface area contributed by atoms with E-state index in [0.717, 1.165) is 0 Å². The number of anilines is 1. The van der Waals surface area contributed by atoms with Gasteiger partial charge in [-0.1, -0.05) is 54.1 Å². The van der Waals surface area contributed by atoms with Crippen LogP contribution in [-0.4, -0.2) is 35.7 Å². The topological polar surface area (TPSA) is 57.7 Å². The van der Waals surface area contributed by atoms with Gasteiger partial charge in [0, 0.05) is 18.8 Å². The fourth-order valence-corrected chi connectivity index (χ4v) is 3.59. The normalized spacial score (nSPS) is 12.8.